The van der Waals surface area contributed by atoms with Crippen LogP contribution in [0.5, 0.6) is 17.4 Å². The predicted molar refractivity (Wildman–Crippen MR) is 130 cm³/mol. The zero-order valence-electron chi connectivity index (χ0n) is 18.9. The Morgan fingerprint density at radius 1 is 1.03 bits per heavy atom. The number of fused-ring (bicyclic) bond motifs is 1. The molecule has 4 aromatic rings. The molecular weight excluding hydrogens is 454 g/mol. The molecule has 2 aromatic carbocycles. The first-order valence-corrected chi connectivity index (χ1v) is 11.8. The number of carbonyl (C=O) groups is 1. The minimum Gasteiger partial charge on any atom is -0.497 e. The molecule has 2 heterocycles. The van der Waals surface area contributed by atoms with E-state index in [1.807, 2.05) is 42.5 Å². The van der Waals surface area contributed by atoms with E-state index in [4.69, 9.17) is 14.2 Å². The van der Waals surface area contributed by atoms with E-state index in [0.717, 1.165) is 5.75 Å². The minimum atomic E-state index is -0.0286. The molecule has 0 spiro atoms. The van der Waals surface area contributed by atoms with E-state index in [1.54, 1.807) is 48.7 Å². The molecule has 9 nitrogen and oxygen atoms in total. The fraction of sp³-hybridized carbons (Fsp3) is 0.250. The number of ether oxygens (including phenoxy) is 3. The maximum Gasteiger partial charge on any atom is 0.231 e. The monoisotopic (exact) mass is 479 g/mol. The second-order valence-corrected chi connectivity index (χ2v) is 8.19. The van der Waals surface area contributed by atoms with E-state index in [0.29, 0.717) is 46.7 Å². The van der Waals surface area contributed by atoms with Crippen molar-refractivity contribution in [2.75, 3.05) is 33.1 Å². The van der Waals surface area contributed by atoms with E-state index in [-0.39, 0.29) is 12.5 Å². The third-order valence-corrected chi connectivity index (χ3v) is 5.91. The van der Waals surface area contributed by atoms with Gasteiger partial charge in [-0.1, -0.05) is 30.3 Å². The first kappa shape index (κ1) is 23.4. The van der Waals surface area contributed by atoms with Gasteiger partial charge in [-0.15, -0.1) is 27.1 Å². The van der Waals surface area contributed by atoms with E-state index >= 15 is 0 Å². The third-order valence-electron chi connectivity index (χ3n) is 4.90. The summed E-state index contributed by atoms with van der Waals surface area (Å²) in [7, 11) is 3.18. The van der Waals surface area contributed by atoms with Gasteiger partial charge in [0, 0.05) is 11.8 Å². The van der Waals surface area contributed by atoms with Crippen molar-refractivity contribution in [3.05, 3.63) is 66.2 Å². The molecular formula is C24H25N5O4S. The number of hydrogen-bond donors (Lipinski definition) is 1. The van der Waals surface area contributed by atoms with Crippen LogP contribution < -0.4 is 19.5 Å². The summed E-state index contributed by atoms with van der Waals surface area (Å²) in [5, 5.41) is 15.8. The van der Waals surface area contributed by atoms with Gasteiger partial charge in [0.05, 0.1) is 32.1 Å². The lowest BCUT2D eigenvalue weighted by molar-refractivity contribution is -0.118. The molecule has 0 aliphatic carbocycles. The highest BCUT2D eigenvalue weighted by Crippen LogP contribution is 2.32. The maximum atomic E-state index is 12.1. The first-order chi connectivity index (χ1) is 16.7. The lowest BCUT2D eigenvalue weighted by Gasteiger charge is -2.10. The maximum absolute atomic E-state index is 12.1. The molecule has 0 aliphatic rings. The van der Waals surface area contributed by atoms with Gasteiger partial charge in [-0.3, -0.25) is 4.79 Å². The second-order valence-electron chi connectivity index (χ2n) is 7.21. The SMILES string of the molecule is COc1ccc(OC)c(-c2nnc3ccc(OCCNC(=O)CSCc4ccccc4)nn23)c1. The topological polar surface area (TPSA) is 99.9 Å². The smallest absolute Gasteiger partial charge is 0.231 e. The van der Waals surface area contributed by atoms with E-state index in [9.17, 15) is 4.79 Å². The summed E-state index contributed by atoms with van der Waals surface area (Å²) < 4.78 is 18.1. The Kier molecular flexibility index (Phi) is 7.82. The Morgan fingerprint density at radius 2 is 1.88 bits per heavy atom. The number of benzene rings is 2. The van der Waals surface area contributed by atoms with Crippen LogP contribution in [0.25, 0.3) is 17.0 Å². The zero-order chi connectivity index (χ0) is 23.8. The summed E-state index contributed by atoms with van der Waals surface area (Å²) in [4.78, 5) is 12.1. The quantitative estimate of drug-likeness (QED) is 0.327. The lowest BCUT2D eigenvalue weighted by Crippen LogP contribution is -2.29. The molecule has 34 heavy (non-hydrogen) atoms. The van der Waals surface area contributed by atoms with Crippen LogP contribution in [0.1, 0.15) is 5.56 Å². The molecule has 1 amide bonds. The Labute approximate surface area is 201 Å². The van der Waals surface area contributed by atoms with E-state index in [1.165, 1.54) is 5.56 Å². The fourth-order valence-corrected chi connectivity index (χ4v) is 4.06. The normalized spacial score (nSPS) is 10.8. The molecule has 0 saturated carbocycles. The Morgan fingerprint density at radius 3 is 2.68 bits per heavy atom. The molecule has 0 fully saturated rings. The van der Waals surface area contributed by atoms with Crippen LogP contribution in [-0.2, 0) is 10.5 Å². The number of rotatable bonds is 11. The number of carbonyl (C=O) groups excluding carboxylic acids is 1. The summed E-state index contributed by atoms with van der Waals surface area (Å²) in [5.74, 6) is 3.34. The highest BCUT2D eigenvalue weighted by molar-refractivity contribution is 7.99. The summed E-state index contributed by atoms with van der Waals surface area (Å²) in [6.45, 7) is 0.663. The number of methoxy groups -OCH3 is 2. The summed E-state index contributed by atoms with van der Waals surface area (Å²) in [5.41, 5.74) is 2.46. The Bertz CT molecular complexity index is 1250. The van der Waals surface area contributed by atoms with Crippen molar-refractivity contribution in [2.24, 2.45) is 0 Å². The predicted octanol–water partition coefficient (Wildman–Crippen LogP) is 3.24. The van der Waals surface area contributed by atoms with Crippen molar-refractivity contribution in [2.45, 2.75) is 5.75 Å². The van der Waals surface area contributed by atoms with Crippen LogP contribution in [-0.4, -0.2) is 58.8 Å². The molecule has 0 saturated heterocycles. The van der Waals surface area contributed by atoms with Gasteiger partial charge >= 0.3 is 0 Å². The van der Waals surface area contributed by atoms with Gasteiger partial charge in [0.15, 0.2) is 11.5 Å². The number of amides is 1. The van der Waals surface area contributed by atoms with Gasteiger partial charge in [-0.2, -0.15) is 4.52 Å². The standard InChI is InChI=1S/C24H25N5O4S/c1-31-18-8-9-20(32-2)19(14-18)24-27-26-21-10-11-23(28-29(21)24)33-13-12-25-22(30)16-34-15-17-6-4-3-5-7-17/h3-11,14H,12-13,15-16H2,1-2H3,(H,25,30). The summed E-state index contributed by atoms with van der Waals surface area (Å²) in [6.07, 6.45) is 0. The van der Waals surface area contributed by atoms with Crippen molar-refractivity contribution in [3.8, 4) is 28.8 Å². The van der Waals surface area contributed by atoms with Gasteiger partial charge in [-0.25, -0.2) is 0 Å². The molecule has 0 atom stereocenters. The van der Waals surface area contributed by atoms with Gasteiger partial charge in [-0.05, 0) is 29.8 Å². The highest BCUT2D eigenvalue weighted by Gasteiger charge is 2.16. The van der Waals surface area contributed by atoms with Crippen LogP contribution in [0, 0.1) is 0 Å². The number of hydrogen-bond acceptors (Lipinski definition) is 8. The van der Waals surface area contributed by atoms with Crippen molar-refractivity contribution < 1.29 is 19.0 Å². The number of aromatic nitrogens is 4. The van der Waals surface area contributed by atoms with E-state index < -0.39 is 0 Å². The Hall–Kier alpha value is -3.79. The number of nitrogens with one attached hydrogen (secondary N) is 1. The van der Waals surface area contributed by atoms with Crippen LogP contribution in [0.15, 0.2) is 60.7 Å². The van der Waals surface area contributed by atoms with Crippen LogP contribution in [0.3, 0.4) is 0 Å². The summed E-state index contributed by atoms with van der Waals surface area (Å²) in [6, 6.07) is 19.0. The molecule has 0 radical (unpaired) electrons. The molecule has 0 unspecified atom stereocenters. The zero-order valence-corrected chi connectivity index (χ0v) is 19.7. The number of nitrogens with zero attached hydrogens (tertiary/aromatic N) is 4. The molecule has 10 heteroatoms. The molecule has 1 N–H and O–H groups in total. The second kappa shape index (κ2) is 11.4. The third kappa shape index (κ3) is 5.76. The molecule has 0 aliphatic heterocycles. The van der Waals surface area contributed by atoms with Crippen molar-refractivity contribution in [3.63, 3.8) is 0 Å². The lowest BCUT2D eigenvalue weighted by atomic mass is 10.2. The van der Waals surface area contributed by atoms with Crippen molar-refractivity contribution in [1.82, 2.24) is 25.1 Å². The molecule has 0 bridgehead atoms. The molecule has 2 aromatic heterocycles. The van der Waals surface area contributed by atoms with Crippen molar-refractivity contribution in [1.29, 1.82) is 0 Å². The fourth-order valence-electron chi connectivity index (χ4n) is 3.24. The van der Waals surface area contributed by atoms with Gasteiger partial charge in [0.25, 0.3) is 0 Å². The van der Waals surface area contributed by atoms with Crippen LogP contribution >= 0.6 is 11.8 Å². The minimum absolute atomic E-state index is 0.0286. The van der Waals surface area contributed by atoms with Crippen LogP contribution in [0.4, 0.5) is 0 Å². The average Bonchev–Trinajstić information content (AvgIpc) is 3.30. The van der Waals surface area contributed by atoms with Gasteiger partial charge in [0.1, 0.15) is 18.1 Å². The van der Waals surface area contributed by atoms with Crippen molar-refractivity contribution >= 4 is 23.3 Å². The highest BCUT2D eigenvalue weighted by atomic mass is 32.2. The van der Waals surface area contributed by atoms with E-state index in [2.05, 4.69) is 20.6 Å². The molecule has 176 valence electrons. The van der Waals surface area contributed by atoms with Crippen LogP contribution in [0.2, 0.25) is 0 Å². The van der Waals surface area contributed by atoms with Gasteiger partial charge < -0.3 is 19.5 Å². The average molecular weight is 480 g/mol. The summed E-state index contributed by atoms with van der Waals surface area (Å²) >= 11 is 1.57. The number of thioether (sulfide) groups is 1. The first-order valence-electron chi connectivity index (χ1n) is 10.6. The Balaban J connectivity index is 1.33. The van der Waals surface area contributed by atoms with Gasteiger partial charge in [0.2, 0.25) is 11.8 Å². The largest absolute Gasteiger partial charge is 0.497 e. The molecule has 4 rings (SSSR count).